The smallest absolute Gasteiger partial charge is 0.265 e. The van der Waals surface area contributed by atoms with Gasteiger partial charge in [0.25, 0.3) is 5.91 Å². The number of nitrogens with one attached hydrogen (secondary N) is 1. The minimum absolute atomic E-state index is 0.274. The lowest BCUT2D eigenvalue weighted by molar-refractivity contribution is -0.122. The number of benzene rings is 2. The van der Waals surface area contributed by atoms with Crippen LogP contribution in [-0.4, -0.2) is 12.0 Å². The molecular weight excluding hydrogens is 257 g/mol. The van der Waals surface area contributed by atoms with Crippen LogP contribution in [0.5, 0.6) is 5.75 Å². The molecule has 0 unspecified atom stereocenters. The highest BCUT2D eigenvalue weighted by Gasteiger charge is 2.15. The fraction of sp³-hybridized carbons (Fsp3) is 0.188. The van der Waals surface area contributed by atoms with Gasteiger partial charge < -0.3 is 10.1 Å². The zero-order chi connectivity index (χ0) is 14.5. The Morgan fingerprint density at radius 2 is 1.90 bits per heavy atom. The molecule has 0 aromatic heterocycles. The van der Waals surface area contributed by atoms with Gasteiger partial charge in [-0.3, -0.25) is 4.79 Å². The van der Waals surface area contributed by atoms with E-state index in [-0.39, 0.29) is 11.7 Å². The molecule has 20 heavy (non-hydrogen) atoms. The van der Waals surface area contributed by atoms with Gasteiger partial charge in [-0.25, -0.2) is 4.39 Å². The number of halogens is 1. The summed E-state index contributed by atoms with van der Waals surface area (Å²) in [4.78, 5) is 12.0. The molecule has 0 saturated heterocycles. The van der Waals surface area contributed by atoms with Gasteiger partial charge in [0.1, 0.15) is 11.6 Å². The predicted molar refractivity (Wildman–Crippen MR) is 76.3 cm³/mol. The molecule has 3 nitrogen and oxygen atoms in total. The fourth-order valence-corrected chi connectivity index (χ4v) is 1.76. The summed E-state index contributed by atoms with van der Waals surface area (Å²) in [5, 5.41) is 2.73. The standard InChI is InChI=1S/C16H16FNO2/c1-11-10-13(17)8-9-15(11)18-16(19)12(2)20-14-6-4-3-5-7-14/h3-10,12H,1-2H3,(H,18,19)/t12-/m1/s1. The minimum atomic E-state index is -0.637. The van der Waals surface area contributed by atoms with Gasteiger partial charge in [-0.15, -0.1) is 0 Å². The van der Waals surface area contributed by atoms with E-state index in [1.165, 1.54) is 18.2 Å². The number of hydrogen-bond acceptors (Lipinski definition) is 2. The Morgan fingerprint density at radius 1 is 1.20 bits per heavy atom. The molecule has 4 heteroatoms. The lowest BCUT2D eigenvalue weighted by atomic mass is 10.2. The fourth-order valence-electron chi connectivity index (χ4n) is 1.76. The molecule has 104 valence electrons. The molecule has 0 heterocycles. The maximum Gasteiger partial charge on any atom is 0.265 e. The molecule has 2 aromatic rings. The zero-order valence-electron chi connectivity index (χ0n) is 11.4. The van der Waals surface area contributed by atoms with Crippen molar-refractivity contribution in [3.63, 3.8) is 0 Å². The summed E-state index contributed by atoms with van der Waals surface area (Å²) in [5.74, 6) is 0.0311. The predicted octanol–water partition coefficient (Wildman–Crippen LogP) is 3.54. The van der Waals surface area contributed by atoms with Crippen LogP contribution in [0.4, 0.5) is 10.1 Å². The first-order chi connectivity index (χ1) is 9.56. The quantitative estimate of drug-likeness (QED) is 0.925. The Kier molecular flexibility index (Phi) is 4.35. The summed E-state index contributed by atoms with van der Waals surface area (Å²) in [6.45, 7) is 3.41. The number of para-hydroxylation sites is 1. The molecule has 0 fully saturated rings. The maximum absolute atomic E-state index is 13.0. The van der Waals surface area contributed by atoms with Crippen molar-refractivity contribution in [2.24, 2.45) is 0 Å². The lowest BCUT2D eigenvalue weighted by Crippen LogP contribution is -2.30. The van der Waals surface area contributed by atoms with Crippen LogP contribution in [0, 0.1) is 12.7 Å². The minimum Gasteiger partial charge on any atom is -0.481 e. The van der Waals surface area contributed by atoms with E-state index in [9.17, 15) is 9.18 Å². The van der Waals surface area contributed by atoms with Gasteiger partial charge >= 0.3 is 0 Å². The number of anilines is 1. The van der Waals surface area contributed by atoms with Crippen molar-refractivity contribution in [3.8, 4) is 5.75 Å². The van der Waals surface area contributed by atoms with Crippen molar-refractivity contribution in [3.05, 3.63) is 59.9 Å². The van der Waals surface area contributed by atoms with E-state index in [0.29, 0.717) is 17.0 Å². The van der Waals surface area contributed by atoms with E-state index in [1.54, 1.807) is 26.0 Å². The Balaban J connectivity index is 2.01. The van der Waals surface area contributed by atoms with Crippen molar-refractivity contribution in [1.29, 1.82) is 0 Å². The van der Waals surface area contributed by atoms with Crippen LogP contribution in [-0.2, 0) is 4.79 Å². The third kappa shape index (κ3) is 3.57. The second-order valence-corrected chi connectivity index (χ2v) is 4.52. The highest BCUT2D eigenvalue weighted by atomic mass is 19.1. The molecule has 0 radical (unpaired) electrons. The summed E-state index contributed by atoms with van der Waals surface area (Å²) in [5.41, 5.74) is 1.25. The molecule has 1 amide bonds. The summed E-state index contributed by atoms with van der Waals surface area (Å²) in [6, 6.07) is 13.3. The molecule has 0 spiro atoms. The van der Waals surface area contributed by atoms with E-state index >= 15 is 0 Å². The van der Waals surface area contributed by atoms with Crippen LogP contribution in [0.15, 0.2) is 48.5 Å². The van der Waals surface area contributed by atoms with Gasteiger partial charge in [-0.1, -0.05) is 18.2 Å². The van der Waals surface area contributed by atoms with Gasteiger partial charge in [-0.05, 0) is 49.7 Å². The third-order valence-electron chi connectivity index (χ3n) is 2.87. The van der Waals surface area contributed by atoms with E-state index in [0.717, 1.165) is 0 Å². The first kappa shape index (κ1) is 14.1. The molecule has 1 atom stereocenters. The van der Waals surface area contributed by atoms with E-state index in [4.69, 9.17) is 4.74 Å². The average molecular weight is 273 g/mol. The second-order valence-electron chi connectivity index (χ2n) is 4.52. The first-order valence-corrected chi connectivity index (χ1v) is 6.35. The van der Waals surface area contributed by atoms with Crippen molar-refractivity contribution < 1.29 is 13.9 Å². The number of carbonyl (C=O) groups excluding carboxylic acids is 1. The number of hydrogen-bond donors (Lipinski definition) is 1. The number of aryl methyl sites for hydroxylation is 1. The summed E-state index contributed by atoms with van der Waals surface area (Å²) in [7, 11) is 0. The molecule has 0 aliphatic heterocycles. The molecule has 0 aliphatic carbocycles. The van der Waals surface area contributed by atoms with Crippen LogP contribution in [0.2, 0.25) is 0 Å². The highest BCUT2D eigenvalue weighted by molar-refractivity contribution is 5.94. The van der Waals surface area contributed by atoms with Crippen molar-refractivity contribution in [2.75, 3.05) is 5.32 Å². The molecular formula is C16H16FNO2. The van der Waals surface area contributed by atoms with Crippen LogP contribution in [0.1, 0.15) is 12.5 Å². The SMILES string of the molecule is Cc1cc(F)ccc1NC(=O)[C@@H](C)Oc1ccccc1. The summed E-state index contributed by atoms with van der Waals surface area (Å²) < 4.78 is 18.5. The highest BCUT2D eigenvalue weighted by Crippen LogP contribution is 2.17. The molecule has 2 aromatic carbocycles. The van der Waals surface area contributed by atoms with Crippen LogP contribution in [0.3, 0.4) is 0 Å². The van der Waals surface area contributed by atoms with Gasteiger partial charge in [0.15, 0.2) is 6.10 Å². The topological polar surface area (TPSA) is 38.3 Å². The third-order valence-corrected chi connectivity index (χ3v) is 2.87. The molecule has 2 rings (SSSR count). The van der Waals surface area contributed by atoms with Gasteiger partial charge in [0.2, 0.25) is 0 Å². The maximum atomic E-state index is 13.0. The van der Waals surface area contributed by atoms with E-state index < -0.39 is 6.10 Å². The number of amides is 1. The van der Waals surface area contributed by atoms with E-state index in [2.05, 4.69) is 5.32 Å². The largest absolute Gasteiger partial charge is 0.481 e. The molecule has 0 saturated carbocycles. The Labute approximate surface area is 117 Å². The van der Waals surface area contributed by atoms with Gasteiger partial charge in [0, 0.05) is 5.69 Å². The Hall–Kier alpha value is -2.36. The Morgan fingerprint density at radius 3 is 2.55 bits per heavy atom. The van der Waals surface area contributed by atoms with E-state index in [1.807, 2.05) is 18.2 Å². The molecule has 1 N–H and O–H groups in total. The van der Waals surface area contributed by atoms with Crippen molar-refractivity contribution in [1.82, 2.24) is 0 Å². The summed E-state index contributed by atoms with van der Waals surface area (Å²) in [6.07, 6.45) is -0.637. The van der Waals surface area contributed by atoms with Crippen LogP contribution >= 0.6 is 0 Å². The van der Waals surface area contributed by atoms with Crippen LogP contribution < -0.4 is 10.1 Å². The van der Waals surface area contributed by atoms with Gasteiger partial charge in [0.05, 0.1) is 0 Å². The monoisotopic (exact) mass is 273 g/mol. The molecule has 0 bridgehead atoms. The van der Waals surface area contributed by atoms with Crippen LogP contribution in [0.25, 0.3) is 0 Å². The normalized spacial score (nSPS) is 11.8. The molecule has 0 aliphatic rings. The van der Waals surface area contributed by atoms with Crippen molar-refractivity contribution >= 4 is 11.6 Å². The second kappa shape index (κ2) is 6.19. The van der Waals surface area contributed by atoms with Crippen molar-refractivity contribution in [2.45, 2.75) is 20.0 Å². The van der Waals surface area contributed by atoms with Gasteiger partial charge in [-0.2, -0.15) is 0 Å². The zero-order valence-corrected chi connectivity index (χ0v) is 11.4. The Bertz CT molecular complexity index is 599. The number of ether oxygens (including phenoxy) is 1. The summed E-state index contributed by atoms with van der Waals surface area (Å²) >= 11 is 0. The lowest BCUT2D eigenvalue weighted by Gasteiger charge is -2.15. The average Bonchev–Trinajstić information content (AvgIpc) is 2.43. The first-order valence-electron chi connectivity index (χ1n) is 6.35. The number of rotatable bonds is 4. The number of carbonyl (C=O) groups is 1.